The fourth-order valence-electron chi connectivity index (χ4n) is 6.40. The van der Waals surface area contributed by atoms with Gasteiger partial charge in [-0.3, -0.25) is 9.59 Å². The maximum atomic E-state index is 13.3. The fourth-order valence-corrected chi connectivity index (χ4v) is 9.17. The molecule has 0 saturated heterocycles. The largest absolute Gasteiger partial charge is 0.354 e. The molecular weight excluding hydrogens is 653 g/mol. The van der Waals surface area contributed by atoms with Crippen LogP contribution in [-0.4, -0.2) is 36.4 Å². The van der Waals surface area contributed by atoms with Gasteiger partial charge in [0.25, 0.3) is 0 Å². The van der Waals surface area contributed by atoms with Gasteiger partial charge < -0.3 is 10.6 Å². The third-order valence-corrected chi connectivity index (χ3v) is 11.8. The van der Waals surface area contributed by atoms with Crippen molar-refractivity contribution in [3.8, 4) is 0 Å². The average molecular weight is 693 g/mol. The van der Waals surface area contributed by atoms with Crippen LogP contribution < -0.4 is 10.6 Å². The van der Waals surface area contributed by atoms with Crippen LogP contribution in [0.5, 0.6) is 0 Å². The second-order valence-corrected chi connectivity index (χ2v) is 14.3. The van der Waals surface area contributed by atoms with Gasteiger partial charge in [0.1, 0.15) is 0 Å². The van der Waals surface area contributed by atoms with Crippen LogP contribution in [0, 0.1) is 0 Å². The van der Waals surface area contributed by atoms with Gasteiger partial charge in [-0.25, -0.2) is 0 Å². The lowest BCUT2D eigenvalue weighted by atomic mass is 9.84. The molecule has 6 heteroatoms. The van der Waals surface area contributed by atoms with Gasteiger partial charge in [-0.2, -0.15) is 0 Å². The summed E-state index contributed by atoms with van der Waals surface area (Å²) < 4.78 is -1.06. The Morgan fingerprint density at radius 3 is 1.02 bits per heavy atom. The van der Waals surface area contributed by atoms with Gasteiger partial charge in [-0.15, -0.1) is 23.5 Å². The van der Waals surface area contributed by atoms with E-state index in [0.29, 0.717) is 12.3 Å². The Labute approximate surface area is 303 Å². The van der Waals surface area contributed by atoms with Crippen molar-refractivity contribution in [1.29, 1.82) is 0 Å². The molecule has 0 fully saturated rings. The lowest BCUT2D eigenvalue weighted by Gasteiger charge is -2.35. The van der Waals surface area contributed by atoms with Crippen LogP contribution >= 0.6 is 23.5 Å². The average Bonchev–Trinajstić information content (AvgIpc) is 3.20. The highest BCUT2D eigenvalue weighted by atomic mass is 32.2. The minimum Gasteiger partial charge on any atom is -0.354 e. The van der Waals surface area contributed by atoms with Crippen molar-refractivity contribution in [3.63, 3.8) is 0 Å². The highest BCUT2D eigenvalue weighted by Crippen LogP contribution is 2.49. The summed E-state index contributed by atoms with van der Waals surface area (Å²) in [5.41, 5.74) is 6.79. The molecule has 0 saturated carbocycles. The topological polar surface area (TPSA) is 58.2 Å². The molecule has 4 nitrogen and oxygen atoms in total. The van der Waals surface area contributed by atoms with Crippen LogP contribution in [0.1, 0.15) is 33.4 Å². The van der Waals surface area contributed by atoms with Crippen molar-refractivity contribution in [2.45, 2.75) is 9.49 Å². The number of rotatable bonds is 15. The first kappa shape index (κ1) is 34.8. The molecule has 0 unspecified atom stereocenters. The van der Waals surface area contributed by atoms with Crippen LogP contribution in [-0.2, 0) is 19.1 Å². The summed E-state index contributed by atoms with van der Waals surface area (Å²) >= 11 is 3.35. The number of thioether (sulfide) groups is 2. The summed E-state index contributed by atoms with van der Waals surface area (Å²) in [5, 5.41) is 5.90. The molecule has 6 rings (SSSR count). The van der Waals surface area contributed by atoms with Gasteiger partial charge >= 0.3 is 0 Å². The molecule has 50 heavy (non-hydrogen) atoms. The van der Waals surface area contributed by atoms with Crippen LogP contribution in [0.25, 0.3) is 0 Å². The molecule has 250 valence electrons. The van der Waals surface area contributed by atoms with Gasteiger partial charge in [0, 0.05) is 12.3 Å². The minimum atomic E-state index is -0.608. The maximum absolute atomic E-state index is 13.3. The molecule has 0 spiro atoms. The molecule has 0 bridgehead atoms. The molecule has 0 radical (unpaired) electrons. The van der Waals surface area contributed by atoms with Crippen molar-refractivity contribution < 1.29 is 9.59 Å². The third-order valence-electron chi connectivity index (χ3n) is 8.69. The predicted octanol–water partition coefficient (Wildman–Crippen LogP) is 8.67. The molecular formula is C44H40N2O2S2. The normalized spacial score (nSPS) is 11.4. The first-order chi connectivity index (χ1) is 24.6. The van der Waals surface area contributed by atoms with Crippen LogP contribution in [0.3, 0.4) is 0 Å². The molecule has 6 aromatic carbocycles. The van der Waals surface area contributed by atoms with E-state index in [9.17, 15) is 9.59 Å². The molecule has 0 aromatic heterocycles. The van der Waals surface area contributed by atoms with Gasteiger partial charge in [0.15, 0.2) is 0 Å². The second-order valence-electron chi connectivity index (χ2n) is 11.8. The monoisotopic (exact) mass is 692 g/mol. The van der Waals surface area contributed by atoms with E-state index in [-0.39, 0.29) is 24.1 Å². The number of nitrogens with one attached hydrogen (secondary N) is 2. The first-order valence-electron chi connectivity index (χ1n) is 16.8. The maximum Gasteiger partial charge on any atom is 0.239 e. The van der Waals surface area contributed by atoms with E-state index in [2.05, 4.69) is 120 Å². The van der Waals surface area contributed by atoms with E-state index in [1.54, 1.807) is 23.5 Å². The summed E-state index contributed by atoms with van der Waals surface area (Å²) in [4.78, 5) is 26.3. The van der Waals surface area contributed by atoms with Crippen LogP contribution in [0.15, 0.2) is 182 Å². The standard InChI is InChI=1S/C44H40N2O2S2/c47-41(45-31-32-49-43(35-19-7-1-8-20-35,36-21-9-2-10-22-36)37-23-11-3-12-24-37)33-46-42(48)34-50-44(38-25-13-4-14-26-38,39-27-15-5-16-28-39)40-29-17-6-18-30-40/h1-30H,31-34H2,(H,45,47)(H,46,48). The van der Waals surface area contributed by atoms with E-state index < -0.39 is 9.49 Å². The van der Waals surface area contributed by atoms with Crippen molar-refractivity contribution >= 4 is 35.3 Å². The zero-order valence-electron chi connectivity index (χ0n) is 27.8. The van der Waals surface area contributed by atoms with E-state index in [1.807, 2.05) is 72.8 Å². The zero-order valence-corrected chi connectivity index (χ0v) is 29.4. The molecule has 6 aromatic rings. The Morgan fingerprint density at radius 2 is 0.700 bits per heavy atom. The Kier molecular flexibility index (Phi) is 11.9. The van der Waals surface area contributed by atoms with Crippen molar-refractivity contribution in [2.24, 2.45) is 0 Å². The van der Waals surface area contributed by atoms with E-state index in [0.717, 1.165) is 16.7 Å². The minimum absolute atomic E-state index is 0.0831. The van der Waals surface area contributed by atoms with Crippen LogP contribution in [0.4, 0.5) is 0 Å². The summed E-state index contributed by atoms with van der Waals surface area (Å²) in [5.74, 6) is 0.439. The van der Waals surface area contributed by atoms with Crippen molar-refractivity contribution in [3.05, 3.63) is 215 Å². The Hall–Kier alpha value is -5.04. The Bertz CT molecular complexity index is 1730. The molecule has 0 atom stereocenters. The third kappa shape index (κ3) is 7.88. The van der Waals surface area contributed by atoms with E-state index in [1.165, 1.54) is 16.7 Å². The van der Waals surface area contributed by atoms with E-state index >= 15 is 0 Å². The first-order valence-corrected chi connectivity index (χ1v) is 18.7. The molecule has 2 amide bonds. The summed E-state index contributed by atoms with van der Waals surface area (Å²) in [6.07, 6.45) is 0. The van der Waals surface area contributed by atoms with Gasteiger partial charge in [-0.1, -0.05) is 182 Å². The molecule has 0 aliphatic heterocycles. The lowest BCUT2D eigenvalue weighted by Crippen LogP contribution is -2.39. The number of carbonyl (C=O) groups excluding carboxylic acids is 2. The number of hydrogen-bond donors (Lipinski definition) is 2. The summed E-state index contributed by atoms with van der Waals surface area (Å²) in [7, 11) is 0. The van der Waals surface area contributed by atoms with Gasteiger partial charge in [0.2, 0.25) is 11.8 Å². The summed E-state index contributed by atoms with van der Waals surface area (Å²) in [6.45, 7) is 0.377. The Balaban J connectivity index is 1.11. The number of benzene rings is 6. The lowest BCUT2D eigenvalue weighted by molar-refractivity contribution is -0.124. The van der Waals surface area contributed by atoms with Crippen LogP contribution in [0.2, 0.25) is 0 Å². The quantitative estimate of drug-likeness (QED) is 0.0836. The molecule has 0 heterocycles. The molecule has 0 aliphatic carbocycles. The second kappa shape index (κ2) is 17.1. The SMILES string of the molecule is O=C(CNC(=O)CSC(c1ccccc1)(c1ccccc1)c1ccccc1)NCCSC(c1ccccc1)(c1ccccc1)c1ccccc1. The zero-order chi connectivity index (χ0) is 34.5. The predicted molar refractivity (Wildman–Crippen MR) is 209 cm³/mol. The smallest absolute Gasteiger partial charge is 0.239 e. The fraction of sp³-hybridized carbons (Fsp3) is 0.136. The number of amides is 2. The van der Waals surface area contributed by atoms with Gasteiger partial charge in [0.05, 0.1) is 21.8 Å². The molecule has 2 N–H and O–H groups in total. The van der Waals surface area contributed by atoms with E-state index in [4.69, 9.17) is 0 Å². The highest BCUT2D eigenvalue weighted by molar-refractivity contribution is 8.01. The van der Waals surface area contributed by atoms with Crippen molar-refractivity contribution in [2.75, 3.05) is 24.6 Å². The number of hydrogen-bond acceptors (Lipinski definition) is 4. The van der Waals surface area contributed by atoms with Gasteiger partial charge in [-0.05, 0) is 33.4 Å². The summed E-state index contributed by atoms with van der Waals surface area (Å²) in [6, 6.07) is 62.4. The Morgan fingerprint density at radius 1 is 0.400 bits per heavy atom. The molecule has 0 aliphatic rings. The van der Waals surface area contributed by atoms with Crippen molar-refractivity contribution in [1.82, 2.24) is 10.6 Å². The highest BCUT2D eigenvalue weighted by Gasteiger charge is 2.38. The number of carbonyl (C=O) groups is 2.